The number of sulfonamides is 1. The number of amides is 1. The molecule has 1 saturated carbocycles. The van der Waals surface area contributed by atoms with Crippen LogP contribution in [0.1, 0.15) is 57.9 Å². The van der Waals surface area contributed by atoms with Crippen LogP contribution in [0.15, 0.2) is 12.1 Å². The third-order valence-corrected chi connectivity index (χ3v) is 9.19. The van der Waals surface area contributed by atoms with E-state index in [-0.39, 0.29) is 35.9 Å². The highest BCUT2D eigenvalue weighted by Crippen LogP contribution is 2.41. The molecule has 4 rings (SSSR count). The number of carbonyl (C=O) groups is 1. The van der Waals surface area contributed by atoms with Crippen LogP contribution in [0.25, 0.3) is 0 Å². The second kappa shape index (κ2) is 8.29. The molecule has 1 aromatic rings. The topological polar surface area (TPSA) is 92.5 Å². The molecule has 2 unspecified atom stereocenters. The maximum atomic E-state index is 14.0. The minimum absolute atomic E-state index is 0.00432. The third kappa shape index (κ3) is 4.54. The number of fused-ring (bicyclic) bond motifs is 2. The van der Waals surface area contributed by atoms with Gasteiger partial charge < -0.3 is 10.6 Å². The van der Waals surface area contributed by atoms with Crippen molar-refractivity contribution >= 4 is 15.9 Å². The van der Waals surface area contributed by atoms with Gasteiger partial charge in [-0.1, -0.05) is 0 Å². The van der Waals surface area contributed by atoms with Gasteiger partial charge in [0, 0.05) is 24.2 Å². The molecule has 1 aromatic carbocycles. The molecule has 0 radical (unpaired) electrons. The highest BCUT2D eigenvalue weighted by molar-refractivity contribution is 7.90. The number of piperidine rings is 1. The maximum Gasteiger partial charge on any atom is 0.243 e. The number of carbonyl (C=O) groups excluding carboxylic acids is 1. The minimum Gasteiger partial charge on any atom is -0.335 e. The summed E-state index contributed by atoms with van der Waals surface area (Å²) in [5.41, 5.74) is 5.14. The summed E-state index contributed by atoms with van der Waals surface area (Å²) in [6.07, 6.45) is 4.13. The average Bonchev–Trinajstić information content (AvgIpc) is 3.51. The molecule has 3 atom stereocenters. The van der Waals surface area contributed by atoms with E-state index in [0.717, 1.165) is 18.9 Å². The van der Waals surface area contributed by atoms with E-state index in [9.17, 15) is 26.4 Å². The first-order chi connectivity index (χ1) is 14.9. The molecule has 0 aromatic heterocycles. The highest BCUT2D eigenvalue weighted by atomic mass is 32.2. The minimum atomic E-state index is -3.52. The van der Waals surface area contributed by atoms with Gasteiger partial charge in [-0.3, -0.25) is 4.79 Å². The summed E-state index contributed by atoms with van der Waals surface area (Å²) in [6.45, 7) is 3.19. The van der Waals surface area contributed by atoms with Crippen LogP contribution in [-0.2, 0) is 21.2 Å². The monoisotopic (exact) mass is 473 g/mol. The van der Waals surface area contributed by atoms with E-state index in [1.54, 1.807) is 18.7 Å². The predicted molar refractivity (Wildman–Crippen MR) is 114 cm³/mol. The first-order valence-corrected chi connectivity index (χ1v) is 12.7. The first kappa shape index (κ1) is 23.5. The quantitative estimate of drug-likeness (QED) is 0.596. The van der Waals surface area contributed by atoms with Crippen LogP contribution < -0.4 is 10.5 Å². The van der Waals surface area contributed by atoms with E-state index in [1.807, 2.05) is 0 Å². The SMILES string of the molecule is CC(C)(NS(=O)(=O)C1CC1)C(=O)N1C2CCC1CC([C@H](N)Cc1cc(F)c(F)cc1F)C2. The lowest BCUT2D eigenvalue weighted by Crippen LogP contribution is -2.61. The summed E-state index contributed by atoms with van der Waals surface area (Å²) in [5, 5.41) is -0.410. The van der Waals surface area contributed by atoms with E-state index in [0.29, 0.717) is 31.7 Å². The molecular formula is C22H30F3N3O3S. The number of hydrogen-bond acceptors (Lipinski definition) is 4. The lowest BCUT2D eigenvalue weighted by atomic mass is 9.82. The summed E-state index contributed by atoms with van der Waals surface area (Å²) >= 11 is 0. The molecule has 6 nitrogen and oxygen atoms in total. The molecule has 2 saturated heterocycles. The van der Waals surface area contributed by atoms with E-state index >= 15 is 0 Å². The first-order valence-electron chi connectivity index (χ1n) is 11.1. The molecule has 1 amide bonds. The zero-order chi connectivity index (χ0) is 23.4. The molecule has 3 fully saturated rings. The second-order valence-corrected chi connectivity index (χ2v) is 12.0. The van der Waals surface area contributed by atoms with E-state index in [4.69, 9.17) is 5.73 Å². The number of nitrogens with zero attached hydrogens (tertiary/aromatic N) is 1. The fraction of sp³-hybridized carbons (Fsp3) is 0.682. The van der Waals surface area contributed by atoms with E-state index < -0.39 is 44.3 Å². The summed E-state index contributed by atoms with van der Waals surface area (Å²) in [7, 11) is -3.52. The molecule has 32 heavy (non-hydrogen) atoms. The zero-order valence-electron chi connectivity index (χ0n) is 18.3. The summed E-state index contributed by atoms with van der Waals surface area (Å²) in [5.74, 6) is -3.41. The summed E-state index contributed by atoms with van der Waals surface area (Å²) in [6, 6.07) is 0.782. The van der Waals surface area contributed by atoms with Crippen LogP contribution >= 0.6 is 0 Å². The Balaban J connectivity index is 1.43. The van der Waals surface area contributed by atoms with Gasteiger partial charge in [0.15, 0.2) is 11.6 Å². The largest absolute Gasteiger partial charge is 0.335 e. The highest BCUT2D eigenvalue weighted by Gasteiger charge is 2.50. The van der Waals surface area contributed by atoms with Gasteiger partial charge in [-0.2, -0.15) is 4.72 Å². The average molecular weight is 474 g/mol. The standard InChI is InChI=1S/C22H30F3N3O3S/c1-22(2,27-32(30,31)16-5-6-16)21(29)28-14-3-4-15(28)8-13(7-14)20(26)10-12-9-18(24)19(25)11-17(12)23/h9,11,13-16,20,27H,3-8,10,26H2,1-2H3/t13?,14?,15?,20-/m1/s1. The Morgan fingerprint density at radius 1 is 1.09 bits per heavy atom. The Kier molecular flexibility index (Phi) is 6.09. The van der Waals surface area contributed by atoms with E-state index in [2.05, 4.69) is 4.72 Å². The Morgan fingerprint density at radius 2 is 1.66 bits per heavy atom. The predicted octanol–water partition coefficient (Wildman–Crippen LogP) is 2.60. The lowest BCUT2D eigenvalue weighted by Gasteiger charge is -2.44. The van der Waals surface area contributed by atoms with Crippen molar-refractivity contribution in [3.05, 3.63) is 35.1 Å². The van der Waals surface area contributed by atoms with Crippen LogP contribution in [0.4, 0.5) is 13.2 Å². The van der Waals surface area contributed by atoms with Crippen LogP contribution in [0.2, 0.25) is 0 Å². The molecule has 2 bridgehead atoms. The molecule has 2 heterocycles. The van der Waals surface area contributed by atoms with Gasteiger partial charge in [-0.25, -0.2) is 21.6 Å². The van der Waals surface area contributed by atoms with Crippen molar-refractivity contribution in [3.63, 3.8) is 0 Å². The zero-order valence-corrected chi connectivity index (χ0v) is 19.1. The van der Waals surface area contributed by atoms with Crippen LogP contribution in [-0.4, -0.2) is 48.1 Å². The number of nitrogens with two attached hydrogens (primary N) is 1. The molecule has 1 aliphatic carbocycles. The number of halogens is 3. The van der Waals surface area contributed by atoms with Crippen molar-refractivity contribution in [1.29, 1.82) is 0 Å². The summed E-state index contributed by atoms with van der Waals surface area (Å²) in [4.78, 5) is 15.1. The van der Waals surface area contributed by atoms with Gasteiger partial charge >= 0.3 is 0 Å². The smallest absolute Gasteiger partial charge is 0.243 e. The Bertz CT molecular complexity index is 999. The van der Waals surface area contributed by atoms with Crippen molar-refractivity contribution < 1.29 is 26.4 Å². The Morgan fingerprint density at radius 3 is 2.22 bits per heavy atom. The molecular weight excluding hydrogens is 443 g/mol. The molecule has 3 N–H and O–H groups in total. The molecule has 10 heteroatoms. The van der Waals surface area contributed by atoms with Crippen molar-refractivity contribution in [2.75, 3.05) is 0 Å². The van der Waals surface area contributed by atoms with Gasteiger partial charge in [0.1, 0.15) is 11.4 Å². The Labute approximate surface area is 186 Å². The number of hydrogen-bond donors (Lipinski definition) is 2. The van der Waals surface area contributed by atoms with Crippen LogP contribution in [0.3, 0.4) is 0 Å². The van der Waals surface area contributed by atoms with Crippen molar-refractivity contribution in [2.45, 2.75) is 87.7 Å². The second-order valence-electron chi connectivity index (χ2n) is 10.0. The summed E-state index contributed by atoms with van der Waals surface area (Å²) < 4.78 is 68.1. The van der Waals surface area contributed by atoms with E-state index in [1.165, 1.54) is 0 Å². The third-order valence-electron chi connectivity index (χ3n) is 7.05. The van der Waals surface area contributed by atoms with Crippen molar-refractivity contribution in [1.82, 2.24) is 9.62 Å². The molecule has 0 spiro atoms. The van der Waals surface area contributed by atoms with Crippen molar-refractivity contribution in [2.24, 2.45) is 11.7 Å². The molecule has 178 valence electrons. The van der Waals surface area contributed by atoms with Crippen molar-refractivity contribution in [3.8, 4) is 0 Å². The molecule has 3 aliphatic rings. The van der Waals surface area contributed by atoms with Crippen LogP contribution in [0.5, 0.6) is 0 Å². The number of benzene rings is 1. The normalized spacial score (nSPS) is 26.9. The number of nitrogens with one attached hydrogen (secondary N) is 1. The van der Waals surface area contributed by atoms with Gasteiger partial charge in [-0.15, -0.1) is 0 Å². The fourth-order valence-corrected chi connectivity index (χ4v) is 6.95. The maximum absolute atomic E-state index is 14.0. The Hall–Kier alpha value is -1.65. The molecule has 2 aliphatic heterocycles. The van der Waals surface area contributed by atoms with Gasteiger partial charge in [0.25, 0.3) is 0 Å². The van der Waals surface area contributed by atoms with Gasteiger partial charge in [0.2, 0.25) is 15.9 Å². The number of rotatable bonds is 7. The van der Waals surface area contributed by atoms with Crippen LogP contribution in [0, 0.1) is 23.4 Å². The fourth-order valence-electron chi connectivity index (χ4n) is 5.22. The lowest BCUT2D eigenvalue weighted by molar-refractivity contribution is -0.141. The van der Waals surface area contributed by atoms with Gasteiger partial charge in [0.05, 0.1) is 5.25 Å². The van der Waals surface area contributed by atoms with Gasteiger partial charge in [-0.05, 0) is 76.3 Å².